The van der Waals surface area contributed by atoms with Crippen molar-refractivity contribution < 1.29 is 23.9 Å². The second-order valence-electron chi connectivity index (χ2n) is 6.41. The molecule has 1 aliphatic heterocycles. The van der Waals surface area contributed by atoms with Gasteiger partial charge in [-0.2, -0.15) is 0 Å². The quantitative estimate of drug-likeness (QED) is 0.792. The summed E-state index contributed by atoms with van der Waals surface area (Å²) < 4.78 is 10.2. The normalized spacial score (nSPS) is 15.5. The van der Waals surface area contributed by atoms with Crippen LogP contribution in [0.2, 0.25) is 0 Å². The molecule has 0 aliphatic carbocycles. The second-order valence-corrected chi connectivity index (χ2v) is 6.41. The molecular weight excluding hydrogens is 350 g/mol. The van der Waals surface area contributed by atoms with E-state index in [1.165, 1.54) is 4.90 Å². The Hall–Kier alpha value is -2.61. The third kappa shape index (κ3) is 5.96. The molecule has 8 nitrogen and oxygen atoms in total. The standard InChI is InChI=1S/C19H27N3O5/c1-4-27-19(25)22(3)16-7-5-15(6-8-16)21-17(23)13(2)20-18(24)14-9-11-26-12-10-14/h5-8,13-14H,4,9-12H2,1-3H3,(H,20,24)(H,21,23). The zero-order valence-corrected chi connectivity index (χ0v) is 16.0. The fourth-order valence-corrected chi connectivity index (χ4v) is 2.70. The van der Waals surface area contributed by atoms with Gasteiger partial charge in [0, 0.05) is 37.6 Å². The van der Waals surface area contributed by atoms with Crippen molar-refractivity contribution in [3.8, 4) is 0 Å². The van der Waals surface area contributed by atoms with Crippen LogP contribution in [-0.4, -0.2) is 50.8 Å². The molecule has 148 valence electrons. The smallest absolute Gasteiger partial charge is 0.413 e. The number of nitrogens with zero attached hydrogens (tertiary/aromatic N) is 1. The lowest BCUT2D eigenvalue weighted by Crippen LogP contribution is -2.45. The lowest BCUT2D eigenvalue weighted by Gasteiger charge is -2.23. The molecule has 1 fully saturated rings. The fraction of sp³-hybridized carbons (Fsp3) is 0.526. The first-order valence-corrected chi connectivity index (χ1v) is 9.12. The average Bonchev–Trinajstić information content (AvgIpc) is 2.68. The molecule has 2 N–H and O–H groups in total. The first kappa shape index (κ1) is 20.7. The molecule has 27 heavy (non-hydrogen) atoms. The van der Waals surface area contributed by atoms with Crippen molar-refractivity contribution in [2.24, 2.45) is 5.92 Å². The minimum absolute atomic E-state index is 0.105. The van der Waals surface area contributed by atoms with Gasteiger partial charge in [0.05, 0.1) is 6.61 Å². The van der Waals surface area contributed by atoms with Crippen molar-refractivity contribution in [2.75, 3.05) is 37.1 Å². The Kier molecular flexibility index (Phi) is 7.60. The molecule has 1 aromatic rings. The Bertz CT molecular complexity index is 656. The van der Waals surface area contributed by atoms with Gasteiger partial charge in [-0.15, -0.1) is 0 Å². The van der Waals surface area contributed by atoms with Gasteiger partial charge in [-0.25, -0.2) is 4.79 Å². The van der Waals surface area contributed by atoms with Crippen molar-refractivity contribution in [3.05, 3.63) is 24.3 Å². The third-order valence-electron chi connectivity index (χ3n) is 4.41. The Labute approximate surface area is 159 Å². The highest BCUT2D eigenvalue weighted by Gasteiger charge is 2.24. The lowest BCUT2D eigenvalue weighted by atomic mass is 9.99. The first-order valence-electron chi connectivity index (χ1n) is 9.12. The van der Waals surface area contributed by atoms with E-state index >= 15 is 0 Å². The topological polar surface area (TPSA) is 97.0 Å². The van der Waals surface area contributed by atoms with Gasteiger partial charge >= 0.3 is 6.09 Å². The highest BCUT2D eigenvalue weighted by atomic mass is 16.6. The number of ether oxygens (including phenoxy) is 2. The van der Waals surface area contributed by atoms with E-state index < -0.39 is 12.1 Å². The van der Waals surface area contributed by atoms with Crippen LogP contribution in [-0.2, 0) is 19.1 Å². The van der Waals surface area contributed by atoms with Crippen LogP contribution in [0.3, 0.4) is 0 Å². The first-order chi connectivity index (χ1) is 12.9. The minimum Gasteiger partial charge on any atom is -0.449 e. The molecule has 1 aromatic carbocycles. The summed E-state index contributed by atoms with van der Waals surface area (Å²) >= 11 is 0. The van der Waals surface area contributed by atoms with Crippen LogP contribution < -0.4 is 15.5 Å². The SMILES string of the molecule is CCOC(=O)N(C)c1ccc(NC(=O)C(C)NC(=O)C2CCOCC2)cc1. The maximum atomic E-state index is 12.3. The van der Waals surface area contributed by atoms with Crippen LogP contribution in [0.5, 0.6) is 0 Å². The third-order valence-corrected chi connectivity index (χ3v) is 4.41. The van der Waals surface area contributed by atoms with E-state index in [0.29, 0.717) is 44.0 Å². The van der Waals surface area contributed by atoms with E-state index in [2.05, 4.69) is 10.6 Å². The van der Waals surface area contributed by atoms with Gasteiger partial charge in [0.15, 0.2) is 0 Å². The molecule has 1 aliphatic rings. The summed E-state index contributed by atoms with van der Waals surface area (Å²) in [5.74, 6) is -0.527. The summed E-state index contributed by atoms with van der Waals surface area (Å²) in [4.78, 5) is 37.6. The summed E-state index contributed by atoms with van der Waals surface area (Å²) in [7, 11) is 1.61. The van der Waals surface area contributed by atoms with E-state index in [1.54, 1.807) is 45.2 Å². The number of hydrogen-bond acceptors (Lipinski definition) is 5. The van der Waals surface area contributed by atoms with Gasteiger partial charge in [-0.1, -0.05) is 0 Å². The fourth-order valence-electron chi connectivity index (χ4n) is 2.70. The minimum atomic E-state index is -0.651. The Morgan fingerprint density at radius 3 is 2.44 bits per heavy atom. The van der Waals surface area contributed by atoms with Crippen LogP contribution in [0.1, 0.15) is 26.7 Å². The summed E-state index contributed by atoms with van der Waals surface area (Å²) in [6, 6.07) is 6.14. The largest absolute Gasteiger partial charge is 0.449 e. The molecule has 0 spiro atoms. The van der Waals surface area contributed by atoms with E-state index in [0.717, 1.165) is 0 Å². The van der Waals surface area contributed by atoms with Crippen LogP contribution in [0.4, 0.5) is 16.2 Å². The molecule has 0 bridgehead atoms. The van der Waals surface area contributed by atoms with Gasteiger partial charge in [0.2, 0.25) is 11.8 Å². The van der Waals surface area contributed by atoms with Crippen LogP contribution in [0.25, 0.3) is 0 Å². The second kappa shape index (κ2) is 9.91. The van der Waals surface area contributed by atoms with Gasteiger partial charge in [0.25, 0.3) is 0 Å². The molecular formula is C19H27N3O5. The molecule has 1 heterocycles. The monoisotopic (exact) mass is 377 g/mol. The van der Waals surface area contributed by atoms with Crippen LogP contribution >= 0.6 is 0 Å². The molecule has 3 amide bonds. The molecule has 2 rings (SSSR count). The highest BCUT2D eigenvalue weighted by molar-refractivity contribution is 5.97. The van der Waals surface area contributed by atoms with Crippen molar-refractivity contribution in [1.29, 1.82) is 0 Å². The number of carbonyl (C=O) groups excluding carboxylic acids is 3. The number of anilines is 2. The van der Waals surface area contributed by atoms with Gasteiger partial charge in [-0.05, 0) is 51.0 Å². The van der Waals surface area contributed by atoms with Crippen molar-refractivity contribution in [1.82, 2.24) is 5.32 Å². The summed E-state index contributed by atoms with van der Waals surface area (Å²) in [6.07, 6.45) is 0.907. The van der Waals surface area contributed by atoms with E-state index in [9.17, 15) is 14.4 Å². The predicted molar refractivity (Wildman–Crippen MR) is 102 cm³/mol. The maximum Gasteiger partial charge on any atom is 0.413 e. The van der Waals surface area contributed by atoms with Gasteiger partial charge in [0.1, 0.15) is 6.04 Å². The molecule has 8 heteroatoms. The molecule has 0 aromatic heterocycles. The number of benzene rings is 1. The van der Waals surface area contributed by atoms with E-state index in [-0.39, 0.29) is 17.7 Å². The average molecular weight is 377 g/mol. The van der Waals surface area contributed by atoms with Crippen molar-refractivity contribution in [3.63, 3.8) is 0 Å². The Morgan fingerprint density at radius 2 is 1.85 bits per heavy atom. The number of carbonyl (C=O) groups is 3. The van der Waals surface area contributed by atoms with Gasteiger partial charge in [-0.3, -0.25) is 14.5 Å². The Balaban J connectivity index is 1.87. The molecule has 0 saturated carbocycles. The van der Waals surface area contributed by atoms with E-state index in [4.69, 9.17) is 9.47 Å². The number of nitrogens with one attached hydrogen (secondary N) is 2. The highest BCUT2D eigenvalue weighted by Crippen LogP contribution is 2.18. The number of rotatable bonds is 6. The van der Waals surface area contributed by atoms with Crippen LogP contribution in [0.15, 0.2) is 24.3 Å². The molecule has 1 unspecified atom stereocenters. The summed E-state index contributed by atoms with van der Waals surface area (Å²) in [5.41, 5.74) is 1.22. The molecule has 1 atom stereocenters. The Morgan fingerprint density at radius 1 is 1.22 bits per heavy atom. The van der Waals surface area contributed by atoms with Gasteiger partial charge < -0.3 is 20.1 Å². The molecule has 0 radical (unpaired) electrons. The zero-order valence-electron chi connectivity index (χ0n) is 16.0. The zero-order chi connectivity index (χ0) is 19.8. The maximum absolute atomic E-state index is 12.3. The number of hydrogen-bond donors (Lipinski definition) is 2. The summed E-state index contributed by atoms with van der Waals surface area (Å²) in [5, 5.41) is 5.51. The molecule has 1 saturated heterocycles. The van der Waals surface area contributed by atoms with Crippen molar-refractivity contribution >= 4 is 29.3 Å². The number of amides is 3. The van der Waals surface area contributed by atoms with Crippen LogP contribution in [0, 0.1) is 5.92 Å². The lowest BCUT2D eigenvalue weighted by molar-refractivity contribution is -0.131. The van der Waals surface area contributed by atoms with E-state index in [1.807, 2.05) is 0 Å². The predicted octanol–water partition coefficient (Wildman–Crippen LogP) is 2.15. The van der Waals surface area contributed by atoms with Crippen molar-refractivity contribution in [2.45, 2.75) is 32.7 Å². The summed E-state index contributed by atoms with van der Waals surface area (Å²) in [6.45, 7) is 4.84.